The molecule has 110 valence electrons. The van der Waals surface area contributed by atoms with Crippen LogP contribution in [0.5, 0.6) is 0 Å². The Balaban J connectivity index is 2.85. The number of hydrogen-bond acceptors (Lipinski definition) is 4. The number of hydrogen-bond donors (Lipinski definition) is 2. The predicted molar refractivity (Wildman–Crippen MR) is 72.0 cm³/mol. The third kappa shape index (κ3) is 4.64. The van der Waals surface area contributed by atoms with Crippen molar-refractivity contribution in [3.8, 4) is 0 Å². The fourth-order valence-electron chi connectivity index (χ4n) is 2.33. The molecule has 1 aliphatic rings. The number of nitrogens with one attached hydrogen (secondary N) is 1. The standard InChI is InChI=1S/C11H23N5O3/c1-4-19-10-9(13-8(2)3)6-5-7-15(10)11(12)14-16(17)18/h8-10,13H,4-7H2,1-3H3,(H2,12,14)/t9-,10?/m0/s1. The minimum Gasteiger partial charge on any atom is -0.364 e. The number of nitro groups is 1. The van der Waals surface area contributed by atoms with Gasteiger partial charge in [-0.1, -0.05) is 13.8 Å². The molecular weight excluding hydrogens is 250 g/mol. The van der Waals surface area contributed by atoms with Gasteiger partial charge < -0.3 is 20.7 Å². The zero-order valence-corrected chi connectivity index (χ0v) is 11.7. The maximum absolute atomic E-state index is 10.4. The Morgan fingerprint density at radius 2 is 2.37 bits per heavy atom. The minimum atomic E-state index is -0.780. The van der Waals surface area contributed by atoms with E-state index >= 15 is 0 Å². The second-order valence-corrected chi connectivity index (χ2v) is 4.81. The molecule has 0 amide bonds. The van der Waals surface area contributed by atoms with Crippen molar-refractivity contribution in [1.82, 2.24) is 10.2 Å². The van der Waals surface area contributed by atoms with Crippen molar-refractivity contribution >= 4 is 5.96 Å². The van der Waals surface area contributed by atoms with Gasteiger partial charge in [-0.25, -0.2) is 10.1 Å². The summed E-state index contributed by atoms with van der Waals surface area (Å²) in [6.45, 7) is 7.13. The second-order valence-electron chi connectivity index (χ2n) is 4.81. The molecule has 1 unspecified atom stereocenters. The Kier molecular flexibility index (Phi) is 5.97. The van der Waals surface area contributed by atoms with Crippen molar-refractivity contribution < 1.29 is 9.77 Å². The number of ether oxygens (including phenoxy) is 1. The molecule has 1 rings (SSSR count). The van der Waals surface area contributed by atoms with Crippen LogP contribution in [0.3, 0.4) is 0 Å². The quantitative estimate of drug-likeness (QED) is 0.323. The summed E-state index contributed by atoms with van der Waals surface area (Å²) in [5.74, 6) is -0.0984. The average molecular weight is 273 g/mol. The van der Waals surface area contributed by atoms with Crippen LogP contribution in [0, 0.1) is 10.1 Å². The molecule has 3 N–H and O–H groups in total. The van der Waals surface area contributed by atoms with Gasteiger partial charge in [-0.3, -0.25) is 0 Å². The highest BCUT2D eigenvalue weighted by molar-refractivity contribution is 5.77. The van der Waals surface area contributed by atoms with Gasteiger partial charge in [0.15, 0.2) is 5.03 Å². The van der Waals surface area contributed by atoms with Crippen molar-refractivity contribution in [2.75, 3.05) is 13.2 Å². The van der Waals surface area contributed by atoms with Crippen LogP contribution in [0.25, 0.3) is 0 Å². The van der Waals surface area contributed by atoms with Crippen LogP contribution in [0.1, 0.15) is 33.6 Å². The van der Waals surface area contributed by atoms with Crippen molar-refractivity contribution in [2.45, 2.75) is 51.9 Å². The molecule has 1 fully saturated rings. The first-order chi connectivity index (χ1) is 8.95. The zero-order valence-electron chi connectivity index (χ0n) is 11.7. The van der Waals surface area contributed by atoms with Gasteiger partial charge in [-0.05, 0) is 19.8 Å². The molecule has 1 aliphatic heterocycles. The summed E-state index contributed by atoms with van der Waals surface area (Å²) < 4.78 is 5.69. The molecule has 0 saturated carbocycles. The van der Waals surface area contributed by atoms with Crippen LogP contribution < -0.4 is 11.1 Å². The van der Waals surface area contributed by atoms with Crippen LogP contribution >= 0.6 is 0 Å². The molecule has 0 aromatic carbocycles. The lowest BCUT2D eigenvalue weighted by Gasteiger charge is -2.41. The van der Waals surface area contributed by atoms with Gasteiger partial charge in [0.1, 0.15) is 11.3 Å². The normalized spacial score (nSPS) is 24.8. The molecule has 1 saturated heterocycles. The smallest absolute Gasteiger partial charge is 0.270 e. The fraction of sp³-hybridized carbons (Fsp3) is 0.909. The van der Waals surface area contributed by atoms with Crippen LogP contribution in [0.2, 0.25) is 0 Å². The third-order valence-corrected chi connectivity index (χ3v) is 2.93. The van der Waals surface area contributed by atoms with Gasteiger partial charge in [-0.15, -0.1) is 0 Å². The molecular formula is C11H23N5O3. The van der Waals surface area contributed by atoms with Crippen molar-refractivity contribution in [1.29, 1.82) is 0 Å². The maximum atomic E-state index is 10.4. The Bertz CT molecular complexity index is 334. The number of guanidine groups is 1. The van der Waals surface area contributed by atoms with E-state index in [2.05, 4.69) is 24.3 Å². The molecule has 0 bridgehead atoms. The Morgan fingerprint density at radius 1 is 1.68 bits per heavy atom. The van der Waals surface area contributed by atoms with Gasteiger partial charge >= 0.3 is 0 Å². The van der Waals surface area contributed by atoms with E-state index in [1.807, 2.05) is 6.92 Å². The highest BCUT2D eigenvalue weighted by Gasteiger charge is 2.34. The molecule has 8 nitrogen and oxygen atoms in total. The number of likely N-dealkylation sites (tertiary alicyclic amines) is 1. The maximum Gasteiger partial charge on any atom is 0.270 e. The lowest BCUT2D eigenvalue weighted by molar-refractivity contribution is -0.486. The Morgan fingerprint density at radius 3 is 2.89 bits per heavy atom. The summed E-state index contributed by atoms with van der Waals surface area (Å²) >= 11 is 0. The summed E-state index contributed by atoms with van der Waals surface area (Å²) in [4.78, 5) is 12.1. The van der Waals surface area contributed by atoms with E-state index in [4.69, 9.17) is 10.5 Å². The summed E-state index contributed by atoms with van der Waals surface area (Å²) in [5.41, 5.74) is 5.69. The van der Waals surface area contributed by atoms with Crippen molar-refractivity contribution in [2.24, 2.45) is 10.8 Å². The van der Waals surface area contributed by atoms with Crippen molar-refractivity contribution in [3.63, 3.8) is 0 Å². The molecule has 0 radical (unpaired) electrons. The molecule has 1 heterocycles. The van der Waals surface area contributed by atoms with E-state index in [9.17, 15) is 10.1 Å². The summed E-state index contributed by atoms with van der Waals surface area (Å²) in [7, 11) is 0. The lowest BCUT2D eigenvalue weighted by atomic mass is 10.0. The van der Waals surface area contributed by atoms with Gasteiger partial charge in [0, 0.05) is 19.2 Å². The second kappa shape index (κ2) is 7.25. The number of nitrogens with two attached hydrogens (primary N) is 1. The Labute approximate surface area is 113 Å². The van der Waals surface area contributed by atoms with Crippen molar-refractivity contribution in [3.05, 3.63) is 10.1 Å². The predicted octanol–water partition coefficient (Wildman–Crippen LogP) is 0.318. The van der Waals surface area contributed by atoms with E-state index in [0.29, 0.717) is 19.2 Å². The molecule has 8 heteroatoms. The molecule has 19 heavy (non-hydrogen) atoms. The SMILES string of the molecule is CCOC1[C@@H](NC(C)C)CCCN1/C(N)=N/[N+](=O)[O-]. The average Bonchev–Trinajstić information content (AvgIpc) is 2.29. The van der Waals surface area contributed by atoms with E-state index in [-0.39, 0.29) is 18.2 Å². The number of rotatable bonds is 5. The minimum absolute atomic E-state index is 0.0919. The Hall–Kier alpha value is -1.41. The fourth-order valence-corrected chi connectivity index (χ4v) is 2.33. The van der Waals surface area contributed by atoms with Gasteiger partial charge in [0.2, 0.25) is 0 Å². The van der Waals surface area contributed by atoms with E-state index in [1.54, 1.807) is 4.90 Å². The summed E-state index contributed by atoms with van der Waals surface area (Å²) in [6, 6.07) is 0.399. The number of hydrazone groups is 1. The van der Waals surface area contributed by atoms with E-state index < -0.39 is 5.03 Å². The number of piperidine rings is 1. The molecule has 0 aliphatic carbocycles. The first-order valence-corrected chi connectivity index (χ1v) is 6.58. The first-order valence-electron chi connectivity index (χ1n) is 6.58. The summed E-state index contributed by atoms with van der Waals surface area (Å²) in [5, 5.41) is 16.2. The lowest BCUT2D eigenvalue weighted by Crippen LogP contribution is -2.60. The monoisotopic (exact) mass is 273 g/mol. The topological polar surface area (TPSA) is 106 Å². The van der Waals surface area contributed by atoms with E-state index in [1.165, 1.54) is 0 Å². The van der Waals surface area contributed by atoms with E-state index in [0.717, 1.165) is 12.8 Å². The van der Waals surface area contributed by atoms with Crippen LogP contribution in [0.15, 0.2) is 5.10 Å². The zero-order chi connectivity index (χ0) is 14.4. The van der Waals surface area contributed by atoms with Crippen LogP contribution in [-0.2, 0) is 4.74 Å². The number of nitrogens with zero attached hydrogens (tertiary/aromatic N) is 3. The molecule has 0 spiro atoms. The highest BCUT2D eigenvalue weighted by Crippen LogP contribution is 2.19. The summed E-state index contributed by atoms with van der Waals surface area (Å²) in [6.07, 6.45) is 1.53. The first kappa shape index (κ1) is 15.6. The third-order valence-electron chi connectivity index (χ3n) is 2.93. The highest BCUT2D eigenvalue weighted by atomic mass is 16.7. The molecule has 2 atom stereocenters. The van der Waals surface area contributed by atoms with Gasteiger partial charge in [0.05, 0.1) is 6.04 Å². The molecule has 0 aromatic heterocycles. The largest absolute Gasteiger partial charge is 0.364 e. The van der Waals surface area contributed by atoms with Gasteiger partial charge in [-0.2, -0.15) is 0 Å². The van der Waals surface area contributed by atoms with Crippen LogP contribution in [-0.4, -0.2) is 47.4 Å². The molecule has 0 aromatic rings. The van der Waals surface area contributed by atoms with Crippen LogP contribution in [0.4, 0.5) is 0 Å². The van der Waals surface area contributed by atoms with Gasteiger partial charge in [0.25, 0.3) is 5.96 Å².